The van der Waals surface area contributed by atoms with Crippen LogP contribution in [0, 0.1) is 5.41 Å². The number of rotatable bonds is 7. The molecule has 0 atom stereocenters. The summed E-state index contributed by atoms with van der Waals surface area (Å²) in [5.41, 5.74) is 5.23. The van der Waals surface area contributed by atoms with E-state index >= 15 is 0 Å². The van der Waals surface area contributed by atoms with Crippen molar-refractivity contribution in [1.82, 2.24) is 5.32 Å². The molecule has 0 aromatic heterocycles. The van der Waals surface area contributed by atoms with Gasteiger partial charge in [-0.15, -0.1) is 0 Å². The van der Waals surface area contributed by atoms with Crippen LogP contribution in [-0.2, 0) is 4.79 Å². The maximum Gasteiger partial charge on any atom is 0.233 e. The van der Waals surface area contributed by atoms with Crippen molar-refractivity contribution in [3.8, 4) is 0 Å². The van der Waals surface area contributed by atoms with Crippen molar-refractivity contribution in [1.29, 1.82) is 0 Å². The van der Waals surface area contributed by atoms with Crippen molar-refractivity contribution in [2.45, 2.75) is 84.1 Å². The summed E-state index contributed by atoms with van der Waals surface area (Å²) in [5.74, 6) is 0.0538. The Morgan fingerprint density at radius 2 is 1.70 bits per heavy atom. The van der Waals surface area contributed by atoms with Gasteiger partial charge in [0.05, 0.1) is 10.4 Å². The molecule has 1 amide bonds. The number of hydrogen-bond donors (Lipinski definition) is 2. The summed E-state index contributed by atoms with van der Waals surface area (Å²) in [6, 6.07) is 0. The van der Waals surface area contributed by atoms with Crippen LogP contribution in [0.4, 0.5) is 0 Å². The van der Waals surface area contributed by atoms with E-state index in [1.54, 1.807) is 0 Å². The third-order valence-corrected chi connectivity index (χ3v) is 5.02. The van der Waals surface area contributed by atoms with E-state index in [0.717, 1.165) is 38.5 Å². The molecule has 0 bridgehead atoms. The van der Waals surface area contributed by atoms with Crippen LogP contribution < -0.4 is 11.1 Å². The van der Waals surface area contributed by atoms with Gasteiger partial charge >= 0.3 is 0 Å². The van der Waals surface area contributed by atoms with Gasteiger partial charge < -0.3 is 11.1 Å². The van der Waals surface area contributed by atoms with Crippen LogP contribution >= 0.6 is 12.2 Å². The fraction of sp³-hybridized carbons (Fsp3) is 0.875. The molecule has 1 saturated carbocycles. The largest absolute Gasteiger partial charge is 0.392 e. The lowest BCUT2D eigenvalue weighted by Crippen LogP contribution is -2.56. The Kier molecular flexibility index (Phi) is 6.44. The van der Waals surface area contributed by atoms with Crippen LogP contribution in [0.2, 0.25) is 0 Å². The highest BCUT2D eigenvalue weighted by atomic mass is 32.1. The van der Waals surface area contributed by atoms with E-state index in [1.165, 1.54) is 19.3 Å². The lowest BCUT2D eigenvalue weighted by Gasteiger charge is -2.39. The van der Waals surface area contributed by atoms with Gasteiger partial charge in [-0.3, -0.25) is 4.79 Å². The highest BCUT2D eigenvalue weighted by Crippen LogP contribution is 2.34. The highest BCUT2D eigenvalue weighted by molar-refractivity contribution is 7.80. The maximum atomic E-state index is 12.9. The first-order valence-corrected chi connectivity index (χ1v) is 8.43. The number of thiocarbonyl (C=S) groups is 1. The van der Waals surface area contributed by atoms with E-state index in [9.17, 15) is 4.79 Å². The van der Waals surface area contributed by atoms with Crippen LogP contribution in [0.15, 0.2) is 0 Å². The SMILES string of the molecule is CCCC(CCC)(C(=O)NC1(C)CCCCC1)C(N)=S. The minimum absolute atomic E-state index is 0.0538. The highest BCUT2D eigenvalue weighted by Gasteiger charge is 2.42. The van der Waals surface area contributed by atoms with Crippen LogP contribution in [0.3, 0.4) is 0 Å². The first-order chi connectivity index (χ1) is 9.40. The summed E-state index contributed by atoms with van der Waals surface area (Å²) < 4.78 is 0. The molecule has 0 spiro atoms. The maximum absolute atomic E-state index is 12.9. The molecular formula is C16H30N2OS. The van der Waals surface area contributed by atoms with Crippen molar-refractivity contribution in [3.63, 3.8) is 0 Å². The zero-order valence-corrected chi connectivity index (χ0v) is 14.1. The van der Waals surface area contributed by atoms with Crippen LogP contribution in [0.1, 0.15) is 78.6 Å². The van der Waals surface area contributed by atoms with Crippen LogP contribution in [0.5, 0.6) is 0 Å². The molecule has 3 N–H and O–H groups in total. The van der Waals surface area contributed by atoms with E-state index in [-0.39, 0.29) is 11.4 Å². The second-order valence-corrected chi connectivity index (χ2v) is 6.96. The van der Waals surface area contributed by atoms with Crippen molar-refractivity contribution >= 4 is 23.1 Å². The van der Waals surface area contributed by atoms with Crippen molar-refractivity contribution in [2.24, 2.45) is 11.1 Å². The van der Waals surface area contributed by atoms with Gasteiger partial charge in [-0.1, -0.05) is 58.2 Å². The van der Waals surface area contributed by atoms with Crippen molar-refractivity contribution in [2.75, 3.05) is 0 Å². The fourth-order valence-corrected chi connectivity index (χ4v) is 3.71. The molecule has 4 heteroatoms. The molecule has 0 unspecified atom stereocenters. The quantitative estimate of drug-likeness (QED) is 0.705. The lowest BCUT2D eigenvalue weighted by molar-refractivity contribution is -0.130. The second kappa shape index (κ2) is 7.39. The summed E-state index contributed by atoms with van der Waals surface area (Å²) in [6.45, 7) is 6.32. The fourth-order valence-electron chi connectivity index (χ4n) is 3.41. The van der Waals surface area contributed by atoms with Crippen LogP contribution in [0.25, 0.3) is 0 Å². The molecular weight excluding hydrogens is 268 g/mol. The number of hydrogen-bond acceptors (Lipinski definition) is 2. The zero-order valence-electron chi connectivity index (χ0n) is 13.3. The van der Waals surface area contributed by atoms with E-state index in [2.05, 4.69) is 26.1 Å². The summed E-state index contributed by atoms with van der Waals surface area (Å²) in [7, 11) is 0. The number of carbonyl (C=O) groups is 1. The van der Waals surface area contributed by atoms with Gasteiger partial charge in [-0.2, -0.15) is 0 Å². The van der Waals surface area contributed by atoms with Gasteiger partial charge in [0.1, 0.15) is 0 Å². The molecule has 0 radical (unpaired) electrons. The van der Waals surface area contributed by atoms with Gasteiger partial charge in [0.25, 0.3) is 0 Å². The molecule has 0 heterocycles. The Morgan fingerprint density at radius 1 is 1.20 bits per heavy atom. The zero-order chi connectivity index (χ0) is 15.2. The normalized spacial score (nSPS) is 18.6. The lowest BCUT2D eigenvalue weighted by atomic mass is 9.76. The summed E-state index contributed by atoms with van der Waals surface area (Å²) in [6.07, 6.45) is 9.11. The Morgan fingerprint density at radius 3 is 2.10 bits per heavy atom. The molecule has 0 aromatic carbocycles. The van der Waals surface area contributed by atoms with Crippen molar-refractivity contribution in [3.05, 3.63) is 0 Å². The Bertz CT molecular complexity index is 342. The molecule has 0 aliphatic heterocycles. The predicted octanol–water partition coefficient (Wildman–Crippen LogP) is 3.70. The third-order valence-electron chi connectivity index (χ3n) is 4.63. The summed E-state index contributed by atoms with van der Waals surface area (Å²) in [4.78, 5) is 13.2. The molecule has 0 aromatic rings. The third kappa shape index (κ3) is 3.94. The molecule has 116 valence electrons. The van der Waals surface area contributed by atoms with Gasteiger partial charge in [-0.05, 0) is 32.6 Å². The van der Waals surface area contributed by atoms with Crippen LogP contribution in [-0.4, -0.2) is 16.4 Å². The van der Waals surface area contributed by atoms with E-state index in [0.29, 0.717) is 4.99 Å². The first kappa shape index (κ1) is 17.4. The van der Waals surface area contributed by atoms with Gasteiger partial charge in [-0.25, -0.2) is 0 Å². The number of amides is 1. The van der Waals surface area contributed by atoms with Gasteiger partial charge in [0.15, 0.2) is 0 Å². The van der Waals surface area contributed by atoms with Crippen molar-refractivity contribution < 1.29 is 4.79 Å². The number of carbonyl (C=O) groups excluding carboxylic acids is 1. The van der Waals surface area contributed by atoms with E-state index < -0.39 is 5.41 Å². The molecule has 1 aliphatic carbocycles. The predicted molar refractivity (Wildman–Crippen MR) is 88.7 cm³/mol. The minimum atomic E-state index is -0.653. The molecule has 1 fully saturated rings. The average molecular weight is 298 g/mol. The molecule has 3 nitrogen and oxygen atoms in total. The second-order valence-electron chi connectivity index (χ2n) is 6.52. The minimum Gasteiger partial charge on any atom is -0.392 e. The Balaban J connectivity index is 2.89. The number of nitrogens with one attached hydrogen (secondary N) is 1. The Hall–Kier alpha value is -0.640. The molecule has 1 rings (SSSR count). The van der Waals surface area contributed by atoms with E-state index in [1.807, 2.05) is 0 Å². The van der Waals surface area contributed by atoms with E-state index in [4.69, 9.17) is 18.0 Å². The number of nitrogens with two attached hydrogens (primary N) is 1. The summed E-state index contributed by atoms with van der Waals surface area (Å²) in [5, 5.41) is 3.28. The molecule has 20 heavy (non-hydrogen) atoms. The Labute approximate surface area is 129 Å². The monoisotopic (exact) mass is 298 g/mol. The molecule has 1 aliphatic rings. The van der Waals surface area contributed by atoms with Gasteiger partial charge in [0.2, 0.25) is 5.91 Å². The summed E-state index contributed by atoms with van der Waals surface area (Å²) >= 11 is 5.26. The standard InChI is InChI=1S/C16H30N2OS/c1-4-9-16(10-5-2,13(17)20)14(19)18-15(3)11-7-6-8-12-15/h4-12H2,1-3H3,(H2,17,20)(H,18,19). The smallest absolute Gasteiger partial charge is 0.233 e. The molecule has 0 saturated heterocycles. The van der Waals surface area contributed by atoms with Gasteiger partial charge in [0, 0.05) is 5.54 Å². The topological polar surface area (TPSA) is 55.1 Å². The first-order valence-electron chi connectivity index (χ1n) is 8.03. The average Bonchev–Trinajstić information content (AvgIpc) is 2.38.